The maximum absolute atomic E-state index is 12.9. The number of allylic oxidation sites excluding steroid dienone is 1. The van der Waals surface area contributed by atoms with Gasteiger partial charge in [0.05, 0.1) is 17.7 Å². The molecule has 0 saturated heterocycles. The highest BCUT2D eigenvalue weighted by Crippen LogP contribution is 2.32. The molecule has 0 bridgehead atoms. The molecular formula is C23H33N3O4. The van der Waals surface area contributed by atoms with E-state index in [4.69, 9.17) is 4.74 Å². The van der Waals surface area contributed by atoms with Crippen molar-refractivity contribution in [1.82, 2.24) is 10.2 Å². The van der Waals surface area contributed by atoms with Gasteiger partial charge in [0.25, 0.3) is 0 Å². The normalized spacial score (nSPS) is 16.5. The SMILES string of the molecule is CCCCCC(=O)Nc1cccc([C@H]2NC(=O)N(CC)C(C)=C2C(=O)OC(C)C)c1. The van der Waals surface area contributed by atoms with Crippen molar-refractivity contribution in [2.75, 3.05) is 11.9 Å². The average Bonchev–Trinajstić information content (AvgIpc) is 2.67. The lowest BCUT2D eigenvalue weighted by Crippen LogP contribution is -2.48. The van der Waals surface area contributed by atoms with Gasteiger partial charge in [0, 0.05) is 24.4 Å². The molecule has 1 heterocycles. The van der Waals surface area contributed by atoms with Crippen LogP contribution in [-0.4, -0.2) is 35.5 Å². The standard InChI is InChI=1S/C23H33N3O4/c1-6-8-9-13-19(27)24-18-12-10-11-17(14-18)21-20(22(28)30-15(3)4)16(5)26(7-2)23(29)25-21/h10-12,14-15,21H,6-9,13H2,1-5H3,(H,24,27)(H,25,29)/t21-/m1/s1. The Hall–Kier alpha value is -2.83. The van der Waals surface area contributed by atoms with Gasteiger partial charge in [-0.3, -0.25) is 9.69 Å². The maximum atomic E-state index is 12.9. The number of benzene rings is 1. The maximum Gasteiger partial charge on any atom is 0.338 e. The average molecular weight is 416 g/mol. The van der Waals surface area contributed by atoms with E-state index < -0.39 is 12.0 Å². The predicted octanol–water partition coefficient (Wildman–Crippen LogP) is 4.52. The van der Waals surface area contributed by atoms with E-state index in [0.717, 1.165) is 19.3 Å². The zero-order chi connectivity index (χ0) is 22.3. The van der Waals surface area contributed by atoms with Crippen molar-refractivity contribution in [1.29, 1.82) is 0 Å². The number of amides is 3. The molecule has 0 saturated carbocycles. The van der Waals surface area contributed by atoms with Crippen molar-refractivity contribution >= 4 is 23.6 Å². The molecule has 2 rings (SSSR count). The Morgan fingerprint density at radius 3 is 2.60 bits per heavy atom. The first kappa shape index (κ1) is 23.4. The van der Waals surface area contributed by atoms with Gasteiger partial charge >= 0.3 is 12.0 Å². The van der Waals surface area contributed by atoms with Gasteiger partial charge in [0.15, 0.2) is 0 Å². The van der Waals surface area contributed by atoms with E-state index in [2.05, 4.69) is 17.6 Å². The zero-order valence-corrected chi connectivity index (χ0v) is 18.6. The van der Waals surface area contributed by atoms with Crippen molar-refractivity contribution in [3.8, 4) is 0 Å². The van der Waals surface area contributed by atoms with E-state index in [1.54, 1.807) is 39.0 Å². The topological polar surface area (TPSA) is 87.7 Å². The van der Waals surface area contributed by atoms with Crippen molar-refractivity contribution in [3.63, 3.8) is 0 Å². The minimum Gasteiger partial charge on any atom is -0.459 e. The summed E-state index contributed by atoms with van der Waals surface area (Å²) < 4.78 is 5.45. The Kier molecular flexibility index (Phi) is 8.45. The Morgan fingerprint density at radius 1 is 1.23 bits per heavy atom. The first-order chi connectivity index (χ1) is 14.3. The highest BCUT2D eigenvalue weighted by Gasteiger charge is 2.36. The summed E-state index contributed by atoms with van der Waals surface area (Å²) in [6, 6.07) is 6.30. The van der Waals surface area contributed by atoms with Gasteiger partial charge in [-0.1, -0.05) is 31.9 Å². The van der Waals surface area contributed by atoms with Crippen LogP contribution in [0.1, 0.15) is 71.9 Å². The summed E-state index contributed by atoms with van der Waals surface area (Å²) in [5.74, 6) is -0.503. The number of nitrogens with zero attached hydrogens (tertiary/aromatic N) is 1. The smallest absolute Gasteiger partial charge is 0.338 e. The van der Waals surface area contributed by atoms with E-state index in [9.17, 15) is 14.4 Å². The number of carbonyl (C=O) groups excluding carboxylic acids is 3. The first-order valence-corrected chi connectivity index (χ1v) is 10.7. The molecule has 0 unspecified atom stereocenters. The van der Waals surface area contributed by atoms with Crippen LogP contribution >= 0.6 is 0 Å². The number of carbonyl (C=O) groups is 3. The lowest BCUT2D eigenvalue weighted by Gasteiger charge is -2.35. The second kappa shape index (κ2) is 10.8. The third-order valence-corrected chi connectivity index (χ3v) is 4.99. The van der Waals surface area contributed by atoms with Gasteiger partial charge in [-0.25, -0.2) is 9.59 Å². The lowest BCUT2D eigenvalue weighted by molar-refractivity contribution is -0.143. The molecular weight excluding hydrogens is 382 g/mol. The van der Waals surface area contributed by atoms with E-state index in [0.29, 0.717) is 35.5 Å². The number of hydrogen-bond acceptors (Lipinski definition) is 4. The minimum absolute atomic E-state index is 0.0448. The van der Waals surface area contributed by atoms with Gasteiger partial charge in [0.2, 0.25) is 5.91 Å². The Bertz CT molecular complexity index is 816. The van der Waals surface area contributed by atoms with Crippen molar-refractivity contribution < 1.29 is 19.1 Å². The Morgan fingerprint density at radius 2 is 1.97 bits per heavy atom. The molecule has 7 nitrogen and oxygen atoms in total. The molecule has 0 radical (unpaired) electrons. The van der Waals surface area contributed by atoms with Crippen LogP contribution in [0.5, 0.6) is 0 Å². The van der Waals surface area contributed by atoms with Crippen LogP contribution in [0.2, 0.25) is 0 Å². The minimum atomic E-state index is -0.650. The van der Waals surface area contributed by atoms with Gasteiger partial charge in [0.1, 0.15) is 0 Å². The lowest BCUT2D eigenvalue weighted by atomic mass is 9.94. The summed E-state index contributed by atoms with van der Waals surface area (Å²) in [7, 11) is 0. The van der Waals surface area contributed by atoms with Crippen LogP contribution in [0.25, 0.3) is 0 Å². The summed E-state index contributed by atoms with van der Waals surface area (Å²) >= 11 is 0. The van der Waals surface area contributed by atoms with Gasteiger partial charge < -0.3 is 15.4 Å². The molecule has 0 spiro atoms. The van der Waals surface area contributed by atoms with Crippen LogP contribution in [0.15, 0.2) is 35.5 Å². The molecule has 164 valence electrons. The Balaban J connectivity index is 2.33. The second-order valence-electron chi connectivity index (χ2n) is 7.71. The third kappa shape index (κ3) is 5.84. The summed E-state index contributed by atoms with van der Waals surface area (Å²) in [5, 5.41) is 5.81. The number of ether oxygens (including phenoxy) is 1. The molecule has 0 aliphatic carbocycles. The fourth-order valence-corrected chi connectivity index (χ4v) is 3.51. The summed E-state index contributed by atoms with van der Waals surface area (Å²) in [6.07, 6.45) is 3.11. The quantitative estimate of drug-likeness (QED) is 0.459. The number of anilines is 1. The van der Waals surface area contributed by atoms with Crippen LogP contribution in [0.3, 0.4) is 0 Å². The number of unbranched alkanes of at least 4 members (excludes halogenated alkanes) is 2. The summed E-state index contributed by atoms with van der Waals surface area (Å²) in [5.41, 5.74) is 2.32. The third-order valence-electron chi connectivity index (χ3n) is 4.99. The van der Waals surface area contributed by atoms with Crippen LogP contribution in [-0.2, 0) is 14.3 Å². The molecule has 1 aromatic carbocycles. The van der Waals surface area contributed by atoms with Crippen LogP contribution in [0, 0.1) is 0 Å². The van der Waals surface area contributed by atoms with Gasteiger partial charge in [-0.05, 0) is 51.8 Å². The molecule has 0 fully saturated rings. The zero-order valence-electron chi connectivity index (χ0n) is 18.6. The van der Waals surface area contributed by atoms with E-state index in [1.165, 1.54) is 4.90 Å². The molecule has 30 heavy (non-hydrogen) atoms. The molecule has 7 heteroatoms. The first-order valence-electron chi connectivity index (χ1n) is 10.7. The van der Waals surface area contributed by atoms with Gasteiger partial charge in [-0.2, -0.15) is 0 Å². The molecule has 2 N–H and O–H groups in total. The number of urea groups is 1. The number of hydrogen-bond donors (Lipinski definition) is 2. The predicted molar refractivity (Wildman–Crippen MR) is 117 cm³/mol. The van der Waals surface area contributed by atoms with Crippen molar-refractivity contribution in [3.05, 3.63) is 41.1 Å². The largest absolute Gasteiger partial charge is 0.459 e. The summed E-state index contributed by atoms with van der Waals surface area (Å²) in [6.45, 7) is 9.72. The van der Waals surface area contributed by atoms with E-state index in [-0.39, 0.29) is 18.0 Å². The van der Waals surface area contributed by atoms with Crippen molar-refractivity contribution in [2.45, 2.75) is 72.4 Å². The van der Waals surface area contributed by atoms with E-state index in [1.807, 2.05) is 13.0 Å². The van der Waals surface area contributed by atoms with E-state index >= 15 is 0 Å². The van der Waals surface area contributed by atoms with Crippen molar-refractivity contribution in [2.24, 2.45) is 0 Å². The fraction of sp³-hybridized carbons (Fsp3) is 0.522. The fourth-order valence-electron chi connectivity index (χ4n) is 3.51. The summed E-state index contributed by atoms with van der Waals surface area (Å²) in [4.78, 5) is 39.1. The Labute approximate surface area is 178 Å². The number of nitrogens with one attached hydrogen (secondary N) is 2. The molecule has 0 aromatic heterocycles. The number of esters is 1. The number of rotatable bonds is 9. The molecule has 1 aliphatic heterocycles. The van der Waals surface area contributed by atoms with Crippen LogP contribution in [0.4, 0.5) is 10.5 Å². The second-order valence-corrected chi connectivity index (χ2v) is 7.71. The van der Waals surface area contributed by atoms with Crippen LogP contribution < -0.4 is 10.6 Å². The highest BCUT2D eigenvalue weighted by atomic mass is 16.5. The monoisotopic (exact) mass is 415 g/mol. The molecule has 3 amide bonds. The molecule has 1 aromatic rings. The molecule has 1 atom stereocenters. The van der Waals surface area contributed by atoms with Gasteiger partial charge in [-0.15, -0.1) is 0 Å². The highest BCUT2D eigenvalue weighted by molar-refractivity contribution is 5.95. The molecule has 1 aliphatic rings.